The van der Waals surface area contributed by atoms with E-state index in [0.717, 1.165) is 58.0 Å². The average molecular weight is 433 g/mol. The molecule has 0 unspecified atom stereocenters. The molecule has 1 aromatic heterocycles. The lowest BCUT2D eigenvalue weighted by molar-refractivity contribution is -0.141. The Hall–Kier alpha value is -1.23. The van der Waals surface area contributed by atoms with Crippen LogP contribution in [0.4, 0.5) is 13.2 Å². The number of aryl methyl sites for hydroxylation is 1. The number of nitrogens with zero attached hydrogens (tertiary/aromatic N) is 3. The predicted octanol–water partition coefficient (Wildman–Crippen LogP) is 2.40. The first-order chi connectivity index (χ1) is 13.6. The van der Waals surface area contributed by atoms with Crippen molar-refractivity contribution < 1.29 is 26.3 Å². The van der Waals surface area contributed by atoms with Crippen molar-refractivity contribution in [3.05, 3.63) is 23.5 Å². The maximum absolute atomic E-state index is 13.0. The summed E-state index contributed by atoms with van der Waals surface area (Å²) in [5.74, 6) is 0.645. The monoisotopic (exact) mass is 433 g/mol. The van der Waals surface area contributed by atoms with Crippen LogP contribution in [0.25, 0.3) is 0 Å². The van der Waals surface area contributed by atoms with E-state index in [1.807, 2.05) is 0 Å². The van der Waals surface area contributed by atoms with Crippen molar-refractivity contribution in [3.63, 3.8) is 0 Å². The van der Waals surface area contributed by atoms with Gasteiger partial charge in [0.05, 0.1) is 0 Å². The summed E-state index contributed by atoms with van der Waals surface area (Å²) < 4.78 is 71.4. The van der Waals surface area contributed by atoms with Crippen LogP contribution in [0.1, 0.15) is 31.0 Å². The predicted molar refractivity (Wildman–Crippen MR) is 99.8 cm³/mol. The quantitative estimate of drug-likeness (QED) is 0.714. The summed E-state index contributed by atoms with van der Waals surface area (Å²) in [7, 11) is -3.83. The average Bonchev–Trinajstić information content (AvgIpc) is 2.61. The number of sulfonamides is 1. The van der Waals surface area contributed by atoms with Crippen LogP contribution in [0, 0.1) is 11.3 Å². The Balaban J connectivity index is 1.38. The Labute approximate surface area is 169 Å². The third-order valence-corrected chi connectivity index (χ3v) is 8.10. The number of rotatable bonds is 5. The Morgan fingerprint density at radius 2 is 1.86 bits per heavy atom. The van der Waals surface area contributed by atoms with Crippen LogP contribution >= 0.6 is 0 Å². The molecule has 0 aliphatic carbocycles. The van der Waals surface area contributed by atoms with Gasteiger partial charge >= 0.3 is 6.18 Å². The van der Waals surface area contributed by atoms with Gasteiger partial charge in [-0.2, -0.15) is 17.5 Å². The van der Waals surface area contributed by atoms with Crippen LogP contribution < -0.4 is 0 Å². The van der Waals surface area contributed by atoms with E-state index in [-0.39, 0.29) is 22.3 Å². The highest BCUT2D eigenvalue weighted by atomic mass is 32.2. The number of pyridine rings is 1. The van der Waals surface area contributed by atoms with Gasteiger partial charge in [0.2, 0.25) is 10.0 Å². The molecule has 3 aliphatic heterocycles. The molecule has 162 valence electrons. The van der Waals surface area contributed by atoms with Gasteiger partial charge in [-0.25, -0.2) is 8.42 Å². The molecule has 1 aromatic rings. The second-order valence-corrected chi connectivity index (χ2v) is 10.4. The molecule has 4 heterocycles. The van der Waals surface area contributed by atoms with Crippen molar-refractivity contribution in [2.75, 3.05) is 45.9 Å². The molecule has 0 N–H and O–H groups in total. The summed E-state index contributed by atoms with van der Waals surface area (Å²) >= 11 is 0. The van der Waals surface area contributed by atoms with Gasteiger partial charge in [0, 0.05) is 57.5 Å². The van der Waals surface area contributed by atoms with Crippen LogP contribution in [0.2, 0.25) is 0 Å². The molecule has 0 amide bonds. The maximum atomic E-state index is 13.0. The van der Waals surface area contributed by atoms with E-state index in [9.17, 15) is 21.6 Å². The molecule has 4 rings (SSSR count). The number of likely N-dealkylation sites (tertiary alicyclic amines) is 1. The molecule has 3 fully saturated rings. The smallest absolute Gasteiger partial charge is 0.381 e. The minimum Gasteiger partial charge on any atom is -0.381 e. The first kappa shape index (κ1) is 21.0. The highest BCUT2D eigenvalue weighted by Crippen LogP contribution is 2.43. The second-order valence-electron chi connectivity index (χ2n) is 8.53. The van der Waals surface area contributed by atoms with Crippen molar-refractivity contribution in [1.29, 1.82) is 0 Å². The van der Waals surface area contributed by atoms with E-state index in [1.165, 1.54) is 4.31 Å². The first-order valence-electron chi connectivity index (χ1n) is 9.99. The second kappa shape index (κ2) is 7.47. The molecule has 3 aliphatic rings. The van der Waals surface area contributed by atoms with Gasteiger partial charge in [-0.15, -0.1) is 0 Å². The number of hydrogen-bond donors (Lipinski definition) is 0. The third kappa shape index (κ3) is 4.04. The summed E-state index contributed by atoms with van der Waals surface area (Å²) in [4.78, 5) is 5.63. The number of alkyl halides is 3. The molecular weight excluding hydrogens is 407 g/mol. The Morgan fingerprint density at radius 1 is 1.21 bits per heavy atom. The van der Waals surface area contributed by atoms with Crippen molar-refractivity contribution in [3.8, 4) is 0 Å². The molecule has 29 heavy (non-hydrogen) atoms. The van der Waals surface area contributed by atoms with Crippen molar-refractivity contribution in [2.45, 2.75) is 37.3 Å². The van der Waals surface area contributed by atoms with E-state index in [4.69, 9.17) is 4.74 Å². The largest absolute Gasteiger partial charge is 0.433 e. The topological polar surface area (TPSA) is 62.7 Å². The van der Waals surface area contributed by atoms with E-state index in [1.54, 1.807) is 6.92 Å². The third-order valence-electron chi connectivity index (χ3n) is 6.24. The molecule has 0 saturated carbocycles. The lowest BCUT2D eigenvalue weighted by atomic mass is 9.74. The van der Waals surface area contributed by atoms with Crippen LogP contribution in [-0.4, -0.2) is 68.5 Å². The molecule has 0 radical (unpaired) electrons. The van der Waals surface area contributed by atoms with E-state index < -0.39 is 21.9 Å². The summed E-state index contributed by atoms with van der Waals surface area (Å²) in [6.45, 7) is 6.90. The number of ether oxygens (including phenoxy) is 1. The fourth-order valence-electron chi connectivity index (χ4n) is 4.68. The maximum Gasteiger partial charge on any atom is 0.433 e. The standard InChI is InChI=1S/C19H26F3N3O3S/c1-2-15-7-17(19(20,21)22)23-8-16(15)29(26,27)25-12-18(13-25)10-24(11-18)9-14-3-5-28-6-4-14/h7-8,14H,2-6,9-13H2,1H3. The Kier molecular flexibility index (Phi) is 5.42. The molecule has 0 atom stereocenters. The Bertz CT molecular complexity index is 855. The normalized spacial score (nSPS) is 23.7. The first-order valence-corrected chi connectivity index (χ1v) is 11.4. The minimum absolute atomic E-state index is 0.00997. The zero-order chi connectivity index (χ0) is 20.9. The number of hydrogen-bond acceptors (Lipinski definition) is 5. The molecule has 6 nitrogen and oxygen atoms in total. The summed E-state index contributed by atoms with van der Waals surface area (Å²) in [6.07, 6.45) is -1.39. The number of halogens is 3. The molecule has 0 aromatic carbocycles. The van der Waals surface area contributed by atoms with Crippen molar-refractivity contribution >= 4 is 10.0 Å². The summed E-state index contributed by atoms with van der Waals surface area (Å²) in [6, 6.07) is 0.849. The highest BCUT2D eigenvalue weighted by Gasteiger charge is 2.55. The van der Waals surface area contributed by atoms with Gasteiger partial charge < -0.3 is 9.64 Å². The summed E-state index contributed by atoms with van der Waals surface area (Å²) in [5.41, 5.74) is -0.914. The molecule has 0 bridgehead atoms. The number of aromatic nitrogens is 1. The van der Waals surface area contributed by atoms with Gasteiger partial charge in [0.15, 0.2) is 0 Å². The molecule has 1 spiro atoms. The minimum atomic E-state index is -4.59. The molecular formula is C19H26F3N3O3S. The van der Waals surface area contributed by atoms with E-state index >= 15 is 0 Å². The SMILES string of the molecule is CCc1cc(C(F)(F)F)ncc1S(=O)(=O)N1CC2(CN(CC3CCOCC3)C2)C1. The van der Waals surface area contributed by atoms with Gasteiger partial charge in [-0.05, 0) is 36.8 Å². The molecule has 3 saturated heterocycles. The zero-order valence-electron chi connectivity index (χ0n) is 16.4. The van der Waals surface area contributed by atoms with Crippen LogP contribution in [0.3, 0.4) is 0 Å². The van der Waals surface area contributed by atoms with Crippen LogP contribution in [0.5, 0.6) is 0 Å². The van der Waals surface area contributed by atoms with E-state index in [2.05, 4.69) is 9.88 Å². The van der Waals surface area contributed by atoms with Gasteiger partial charge in [-0.3, -0.25) is 4.98 Å². The van der Waals surface area contributed by atoms with Crippen LogP contribution in [-0.2, 0) is 27.4 Å². The van der Waals surface area contributed by atoms with Crippen LogP contribution in [0.15, 0.2) is 17.2 Å². The molecule has 10 heteroatoms. The summed E-state index contributed by atoms with van der Waals surface area (Å²) in [5, 5.41) is 0. The lowest BCUT2D eigenvalue weighted by Gasteiger charge is -2.60. The van der Waals surface area contributed by atoms with E-state index in [0.29, 0.717) is 19.0 Å². The van der Waals surface area contributed by atoms with Crippen molar-refractivity contribution in [1.82, 2.24) is 14.2 Å². The van der Waals surface area contributed by atoms with Gasteiger partial charge in [-0.1, -0.05) is 6.92 Å². The fraction of sp³-hybridized carbons (Fsp3) is 0.737. The lowest BCUT2D eigenvalue weighted by Crippen LogP contribution is -2.73. The zero-order valence-corrected chi connectivity index (χ0v) is 17.2. The Morgan fingerprint density at radius 3 is 2.45 bits per heavy atom. The van der Waals surface area contributed by atoms with Gasteiger partial charge in [0.25, 0.3) is 0 Å². The fourth-order valence-corrected chi connectivity index (χ4v) is 6.57. The van der Waals surface area contributed by atoms with Gasteiger partial charge in [0.1, 0.15) is 10.6 Å². The van der Waals surface area contributed by atoms with Crippen molar-refractivity contribution in [2.24, 2.45) is 11.3 Å². The highest BCUT2D eigenvalue weighted by molar-refractivity contribution is 7.89.